The van der Waals surface area contributed by atoms with Crippen LogP contribution in [-0.2, 0) is 17.6 Å². The summed E-state index contributed by atoms with van der Waals surface area (Å²) >= 11 is 0. The van der Waals surface area contributed by atoms with Gasteiger partial charge < -0.3 is 9.84 Å². The smallest absolute Gasteiger partial charge is 0.343 e. The molecule has 28 heavy (non-hydrogen) atoms. The van der Waals surface area contributed by atoms with Crippen LogP contribution in [0, 0.1) is 12.7 Å². The summed E-state index contributed by atoms with van der Waals surface area (Å²) in [5.41, 5.74) is 2.51. The van der Waals surface area contributed by atoms with Crippen molar-refractivity contribution in [1.82, 2.24) is 4.40 Å². The lowest BCUT2D eigenvalue weighted by molar-refractivity contribution is 0.0524. The summed E-state index contributed by atoms with van der Waals surface area (Å²) in [7, 11) is 0. The van der Waals surface area contributed by atoms with Gasteiger partial charge in [-0.05, 0) is 54.7 Å². The third-order valence-electron chi connectivity index (χ3n) is 4.65. The number of aliphatic hydroxyl groups is 1. The van der Waals surface area contributed by atoms with Gasteiger partial charge in [0.25, 0.3) is 5.56 Å². The van der Waals surface area contributed by atoms with Crippen LogP contribution in [0.4, 0.5) is 4.39 Å². The predicted molar refractivity (Wildman–Crippen MR) is 104 cm³/mol. The molecule has 0 atom stereocenters. The van der Waals surface area contributed by atoms with Crippen LogP contribution >= 0.6 is 0 Å². The van der Waals surface area contributed by atoms with Crippen LogP contribution in [0.15, 0.2) is 47.4 Å². The second-order valence-electron chi connectivity index (χ2n) is 6.60. The number of rotatable bonds is 6. The first-order valence-corrected chi connectivity index (χ1v) is 9.15. The van der Waals surface area contributed by atoms with E-state index in [4.69, 9.17) is 4.74 Å². The molecule has 0 spiro atoms. The monoisotopic (exact) mass is 383 g/mol. The number of carbonyl (C=O) groups excluding carboxylic acids is 1. The largest absolute Gasteiger partial charge is 0.462 e. The Labute approximate surface area is 162 Å². The van der Waals surface area contributed by atoms with Crippen molar-refractivity contribution in [2.24, 2.45) is 0 Å². The number of aryl methyl sites for hydroxylation is 1. The van der Waals surface area contributed by atoms with Gasteiger partial charge in [0.15, 0.2) is 0 Å². The van der Waals surface area contributed by atoms with Crippen LogP contribution in [0.25, 0.3) is 5.52 Å². The van der Waals surface area contributed by atoms with Gasteiger partial charge in [-0.2, -0.15) is 0 Å². The lowest BCUT2D eigenvalue weighted by Crippen LogP contribution is -2.25. The Morgan fingerprint density at radius 3 is 2.71 bits per heavy atom. The van der Waals surface area contributed by atoms with Crippen molar-refractivity contribution in [3.8, 4) is 0 Å². The fourth-order valence-electron chi connectivity index (χ4n) is 3.26. The lowest BCUT2D eigenvalue weighted by Gasteiger charge is -2.12. The summed E-state index contributed by atoms with van der Waals surface area (Å²) in [5, 5.41) is 9.34. The van der Waals surface area contributed by atoms with Gasteiger partial charge in [-0.1, -0.05) is 24.3 Å². The van der Waals surface area contributed by atoms with E-state index in [1.165, 1.54) is 10.5 Å². The van der Waals surface area contributed by atoms with Crippen LogP contribution in [0.2, 0.25) is 0 Å². The van der Waals surface area contributed by atoms with Gasteiger partial charge in [0.05, 0.1) is 12.1 Å². The van der Waals surface area contributed by atoms with Gasteiger partial charge in [0.2, 0.25) is 0 Å². The highest BCUT2D eigenvalue weighted by Crippen LogP contribution is 2.19. The molecular weight excluding hydrogens is 361 g/mol. The molecule has 0 aliphatic rings. The van der Waals surface area contributed by atoms with Gasteiger partial charge in [0.1, 0.15) is 11.4 Å². The quantitative estimate of drug-likeness (QED) is 0.665. The third-order valence-corrected chi connectivity index (χ3v) is 4.65. The van der Waals surface area contributed by atoms with Gasteiger partial charge in [-0.3, -0.25) is 9.20 Å². The fraction of sp³-hybridized carbons (Fsp3) is 0.273. The number of nitrogens with zero attached hydrogens (tertiary/aromatic N) is 1. The summed E-state index contributed by atoms with van der Waals surface area (Å²) < 4.78 is 20.7. The maximum atomic E-state index is 14.3. The number of halogens is 1. The molecule has 0 saturated heterocycles. The minimum Gasteiger partial charge on any atom is -0.462 e. The summed E-state index contributed by atoms with van der Waals surface area (Å²) in [6, 6.07) is 10.3. The Kier molecular flexibility index (Phi) is 5.90. The number of hydrogen-bond acceptors (Lipinski definition) is 4. The van der Waals surface area contributed by atoms with Crippen LogP contribution in [0.1, 0.15) is 39.5 Å². The second-order valence-corrected chi connectivity index (χ2v) is 6.60. The average molecular weight is 383 g/mol. The van der Waals surface area contributed by atoms with E-state index in [9.17, 15) is 19.1 Å². The predicted octanol–water partition coefficient (Wildman–Crippen LogP) is 3.05. The Balaban J connectivity index is 2.13. The number of ether oxygens (including phenoxy) is 1. The molecule has 3 aromatic rings. The Bertz CT molecular complexity index is 1090. The first kappa shape index (κ1) is 19.8. The second kappa shape index (κ2) is 8.35. The topological polar surface area (TPSA) is 68.0 Å². The standard InChI is InChI=1S/C22H22FNO4/c1-3-28-22(27)18-12-16(9-10-25)19-8-7-15(13-24(19)21(18)26)11-17-6-4-5-14(2)20(17)23/h4-8,12-13,25H,3,9-11H2,1-2H3. The van der Waals surface area contributed by atoms with Gasteiger partial charge in [-0.25, -0.2) is 9.18 Å². The average Bonchev–Trinajstić information content (AvgIpc) is 2.68. The molecule has 0 amide bonds. The molecule has 2 heterocycles. The number of benzene rings is 1. The summed E-state index contributed by atoms with van der Waals surface area (Å²) in [6.07, 6.45) is 2.22. The van der Waals surface area contributed by atoms with E-state index in [2.05, 4.69) is 0 Å². The molecule has 0 unspecified atom stereocenters. The maximum Gasteiger partial charge on any atom is 0.343 e. The normalized spacial score (nSPS) is 11.0. The van der Waals surface area contributed by atoms with Crippen molar-refractivity contribution in [3.05, 3.63) is 86.6 Å². The zero-order valence-electron chi connectivity index (χ0n) is 15.9. The molecule has 0 bridgehead atoms. The van der Waals surface area contributed by atoms with E-state index in [0.717, 1.165) is 5.56 Å². The Hall–Kier alpha value is -2.99. The molecule has 146 valence electrons. The molecule has 0 aliphatic heterocycles. The highest BCUT2D eigenvalue weighted by molar-refractivity contribution is 5.90. The third kappa shape index (κ3) is 3.82. The highest BCUT2D eigenvalue weighted by Gasteiger charge is 2.17. The van der Waals surface area contributed by atoms with E-state index in [1.54, 1.807) is 44.3 Å². The summed E-state index contributed by atoms with van der Waals surface area (Å²) in [6.45, 7) is 3.41. The van der Waals surface area contributed by atoms with E-state index in [1.807, 2.05) is 6.07 Å². The zero-order chi connectivity index (χ0) is 20.3. The first-order chi connectivity index (χ1) is 13.5. The van der Waals surface area contributed by atoms with Gasteiger partial charge >= 0.3 is 5.97 Å². The minimum atomic E-state index is -0.698. The maximum absolute atomic E-state index is 14.3. The van der Waals surface area contributed by atoms with Gasteiger partial charge in [0, 0.05) is 19.2 Å². The van der Waals surface area contributed by atoms with Crippen molar-refractivity contribution in [2.45, 2.75) is 26.7 Å². The molecule has 0 aliphatic carbocycles. The van der Waals surface area contributed by atoms with Crippen molar-refractivity contribution < 1.29 is 19.0 Å². The van der Waals surface area contributed by atoms with Crippen LogP contribution in [-0.4, -0.2) is 28.7 Å². The van der Waals surface area contributed by atoms with Crippen LogP contribution < -0.4 is 5.56 Å². The summed E-state index contributed by atoms with van der Waals surface area (Å²) in [4.78, 5) is 25.0. The Morgan fingerprint density at radius 2 is 2.00 bits per heavy atom. The van der Waals surface area contributed by atoms with Crippen molar-refractivity contribution in [2.75, 3.05) is 13.2 Å². The number of esters is 1. The summed E-state index contributed by atoms with van der Waals surface area (Å²) in [5.74, 6) is -0.965. The molecule has 0 radical (unpaired) electrons. The molecule has 0 fully saturated rings. The molecule has 3 rings (SSSR count). The molecule has 0 saturated carbocycles. The highest BCUT2D eigenvalue weighted by atomic mass is 19.1. The first-order valence-electron chi connectivity index (χ1n) is 9.15. The molecule has 6 heteroatoms. The SMILES string of the molecule is CCOC(=O)c1cc(CCO)c2ccc(Cc3cccc(C)c3F)cn2c1=O. The molecule has 1 aromatic carbocycles. The molecule has 1 N–H and O–H groups in total. The number of carbonyl (C=O) groups is 1. The number of aromatic nitrogens is 1. The van der Waals surface area contributed by atoms with E-state index in [0.29, 0.717) is 35.0 Å². The number of pyridine rings is 2. The molecule has 5 nitrogen and oxygen atoms in total. The van der Waals surface area contributed by atoms with Crippen molar-refractivity contribution in [1.29, 1.82) is 0 Å². The zero-order valence-corrected chi connectivity index (χ0v) is 15.9. The van der Waals surface area contributed by atoms with Crippen molar-refractivity contribution in [3.63, 3.8) is 0 Å². The molecular formula is C22H22FNO4. The van der Waals surface area contributed by atoms with Gasteiger partial charge in [-0.15, -0.1) is 0 Å². The van der Waals surface area contributed by atoms with Crippen LogP contribution in [0.5, 0.6) is 0 Å². The number of fused-ring (bicyclic) bond motifs is 1. The lowest BCUT2D eigenvalue weighted by atomic mass is 10.0. The van der Waals surface area contributed by atoms with Crippen LogP contribution in [0.3, 0.4) is 0 Å². The van der Waals surface area contributed by atoms with E-state index < -0.39 is 11.5 Å². The molecule has 2 aromatic heterocycles. The number of hydrogen-bond donors (Lipinski definition) is 1. The van der Waals surface area contributed by atoms with Crippen molar-refractivity contribution >= 4 is 11.5 Å². The number of aliphatic hydroxyl groups excluding tert-OH is 1. The minimum absolute atomic E-state index is 0.0818. The fourth-order valence-corrected chi connectivity index (χ4v) is 3.26. The van der Waals surface area contributed by atoms with E-state index >= 15 is 0 Å². The Morgan fingerprint density at radius 1 is 1.21 bits per heavy atom. The van der Waals surface area contributed by atoms with E-state index in [-0.39, 0.29) is 24.6 Å².